The van der Waals surface area contributed by atoms with Crippen molar-refractivity contribution in [2.24, 2.45) is 5.92 Å². The van der Waals surface area contributed by atoms with Crippen molar-refractivity contribution in [1.29, 1.82) is 0 Å². The van der Waals surface area contributed by atoms with Crippen molar-refractivity contribution in [1.82, 2.24) is 10.3 Å². The summed E-state index contributed by atoms with van der Waals surface area (Å²) in [7, 11) is 0. The Morgan fingerprint density at radius 1 is 1.39 bits per heavy atom. The van der Waals surface area contributed by atoms with Crippen molar-refractivity contribution in [2.75, 3.05) is 0 Å². The van der Waals surface area contributed by atoms with Crippen molar-refractivity contribution in [3.63, 3.8) is 0 Å². The average molecular weight is 270 g/mol. The lowest BCUT2D eigenvalue weighted by Crippen LogP contribution is -2.41. The van der Waals surface area contributed by atoms with Crippen LogP contribution in [0.4, 0.5) is 0 Å². The van der Waals surface area contributed by atoms with Crippen LogP contribution in [-0.2, 0) is 4.79 Å². The molecule has 5 nitrogen and oxygen atoms in total. The molecule has 1 amide bonds. The third kappa shape index (κ3) is 3.80. The van der Waals surface area contributed by atoms with Gasteiger partial charge in [-0.25, -0.2) is 9.78 Å². The number of nitrogens with one attached hydrogen (secondary N) is 1. The summed E-state index contributed by atoms with van der Waals surface area (Å²) in [5.74, 6) is -1.15. The predicted molar refractivity (Wildman–Crippen MR) is 69.9 cm³/mol. The van der Waals surface area contributed by atoms with Crippen LogP contribution in [0.5, 0.6) is 0 Å². The molecule has 0 saturated heterocycles. The van der Waals surface area contributed by atoms with Gasteiger partial charge in [-0.05, 0) is 26.2 Å². The highest BCUT2D eigenvalue weighted by Crippen LogP contribution is 2.17. The lowest BCUT2D eigenvalue weighted by molar-refractivity contribution is -0.139. The summed E-state index contributed by atoms with van der Waals surface area (Å²) < 4.78 is 0. The molecule has 1 heterocycles. The van der Waals surface area contributed by atoms with E-state index in [1.807, 2.05) is 20.8 Å². The summed E-state index contributed by atoms with van der Waals surface area (Å²) in [5.41, 5.74) is 0.642. The van der Waals surface area contributed by atoms with Crippen LogP contribution in [0.15, 0.2) is 0 Å². The lowest BCUT2D eigenvalue weighted by atomic mass is 10.0. The molecule has 0 fully saturated rings. The number of rotatable bonds is 5. The molecule has 0 spiro atoms. The van der Waals surface area contributed by atoms with Gasteiger partial charge in [0.15, 0.2) is 0 Å². The molecule has 0 saturated carbocycles. The van der Waals surface area contributed by atoms with E-state index in [9.17, 15) is 9.59 Å². The van der Waals surface area contributed by atoms with Crippen LogP contribution in [0.25, 0.3) is 0 Å². The summed E-state index contributed by atoms with van der Waals surface area (Å²) in [6.45, 7) is 7.41. The average Bonchev–Trinajstić information content (AvgIpc) is 2.56. The molecule has 0 aliphatic rings. The maximum Gasteiger partial charge on any atom is 0.326 e. The Labute approximate surface area is 110 Å². The number of aliphatic carboxylic acids is 1. The molecule has 1 atom stereocenters. The largest absolute Gasteiger partial charge is 0.480 e. The summed E-state index contributed by atoms with van der Waals surface area (Å²) in [6, 6.07) is -0.848. The van der Waals surface area contributed by atoms with E-state index in [-0.39, 0.29) is 11.8 Å². The minimum atomic E-state index is -1.00. The zero-order valence-electron chi connectivity index (χ0n) is 11.0. The van der Waals surface area contributed by atoms with E-state index in [0.29, 0.717) is 17.0 Å². The molecule has 0 radical (unpaired) electrons. The molecule has 1 aromatic rings. The van der Waals surface area contributed by atoms with Gasteiger partial charge >= 0.3 is 5.97 Å². The van der Waals surface area contributed by atoms with Crippen molar-refractivity contribution in [3.05, 3.63) is 15.6 Å². The molecular formula is C12H18N2O3S. The highest BCUT2D eigenvalue weighted by molar-refractivity contribution is 7.13. The molecule has 0 unspecified atom stereocenters. The quantitative estimate of drug-likeness (QED) is 0.857. The number of nitrogens with zero attached hydrogens (tertiary/aromatic N) is 1. The van der Waals surface area contributed by atoms with Crippen LogP contribution in [0, 0.1) is 19.8 Å². The topological polar surface area (TPSA) is 79.3 Å². The molecule has 0 bridgehead atoms. The zero-order chi connectivity index (χ0) is 13.9. The molecule has 1 rings (SSSR count). The molecule has 6 heteroatoms. The van der Waals surface area contributed by atoms with Crippen LogP contribution in [0.1, 0.15) is 40.6 Å². The smallest absolute Gasteiger partial charge is 0.326 e. The first-order chi connectivity index (χ1) is 8.31. The van der Waals surface area contributed by atoms with Gasteiger partial charge in [0.2, 0.25) is 0 Å². The van der Waals surface area contributed by atoms with Gasteiger partial charge < -0.3 is 10.4 Å². The number of carboxylic acid groups (broad SMARTS) is 1. The molecule has 0 aliphatic heterocycles. The first-order valence-corrected chi connectivity index (χ1v) is 6.60. The van der Waals surface area contributed by atoms with Gasteiger partial charge in [0.05, 0.1) is 10.7 Å². The second kappa shape index (κ2) is 5.95. The van der Waals surface area contributed by atoms with Crippen molar-refractivity contribution in [2.45, 2.75) is 40.2 Å². The van der Waals surface area contributed by atoms with E-state index in [1.54, 1.807) is 6.92 Å². The van der Waals surface area contributed by atoms with Crippen LogP contribution >= 0.6 is 11.3 Å². The Kier molecular flexibility index (Phi) is 4.84. The van der Waals surface area contributed by atoms with Gasteiger partial charge in [-0.3, -0.25) is 4.79 Å². The minimum absolute atomic E-state index is 0.204. The van der Waals surface area contributed by atoms with Crippen molar-refractivity contribution >= 4 is 23.2 Å². The predicted octanol–water partition coefficient (Wildman–Crippen LogP) is 1.99. The number of carboxylic acids is 1. The van der Waals surface area contributed by atoms with E-state index < -0.39 is 12.0 Å². The maximum absolute atomic E-state index is 12.0. The zero-order valence-corrected chi connectivity index (χ0v) is 11.8. The second-order valence-electron chi connectivity index (χ2n) is 4.64. The van der Waals surface area contributed by atoms with Gasteiger partial charge in [-0.1, -0.05) is 13.8 Å². The number of amides is 1. The first kappa shape index (κ1) is 14.6. The van der Waals surface area contributed by atoms with Crippen molar-refractivity contribution < 1.29 is 14.7 Å². The second-order valence-corrected chi connectivity index (χ2v) is 5.84. The van der Waals surface area contributed by atoms with Gasteiger partial charge in [-0.2, -0.15) is 0 Å². The minimum Gasteiger partial charge on any atom is -0.480 e. The number of carbonyl (C=O) groups excluding carboxylic acids is 1. The highest BCUT2D eigenvalue weighted by atomic mass is 32.1. The first-order valence-electron chi connectivity index (χ1n) is 5.79. The standard InChI is InChI=1S/C12H18N2O3S/c1-6(2)5-9(12(16)17)14-11(15)10-7(3)13-8(4)18-10/h6,9H,5H2,1-4H3,(H,14,15)(H,16,17)/t9-/m0/s1. The number of aromatic nitrogens is 1. The molecular weight excluding hydrogens is 252 g/mol. The Morgan fingerprint density at radius 3 is 2.39 bits per heavy atom. The van der Waals surface area contributed by atoms with Gasteiger partial charge in [0.1, 0.15) is 10.9 Å². The van der Waals surface area contributed by atoms with Gasteiger partial charge in [0, 0.05) is 0 Å². The van der Waals surface area contributed by atoms with E-state index in [0.717, 1.165) is 5.01 Å². The van der Waals surface area contributed by atoms with E-state index in [4.69, 9.17) is 5.11 Å². The fourth-order valence-electron chi connectivity index (χ4n) is 1.66. The molecule has 1 aromatic heterocycles. The summed E-state index contributed by atoms with van der Waals surface area (Å²) >= 11 is 1.28. The summed E-state index contributed by atoms with van der Waals surface area (Å²) in [5, 5.41) is 12.4. The van der Waals surface area contributed by atoms with E-state index in [2.05, 4.69) is 10.3 Å². The SMILES string of the molecule is Cc1nc(C)c(C(=O)N[C@@H](CC(C)C)C(=O)O)s1. The third-order valence-electron chi connectivity index (χ3n) is 2.42. The highest BCUT2D eigenvalue weighted by Gasteiger charge is 2.23. The lowest BCUT2D eigenvalue weighted by Gasteiger charge is -2.15. The molecule has 0 aromatic carbocycles. The van der Waals surface area contributed by atoms with E-state index >= 15 is 0 Å². The Hall–Kier alpha value is -1.43. The van der Waals surface area contributed by atoms with E-state index in [1.165, 1.54) is 11.3 Å². The molecule has 18 heavy (non-hydrogen) atoms. The van der Waals surface area contributed by atoms with Crippen LogP contribution in [-0.4, -0.2) is 28.0 Å². The molecule has 100 valence electrons. The fourth-order valence-corrected chi connectivity index (χ4v) is 2.48. The number of hydrogen-bond acceptors (Lipinski definition) is 4. The summed E-state index contributed by atoms with van der Waals surface area (Å²) in [4.78, 5) is 27.7. The Bertz CT molecular complexity index is 454. The normalized spacial score (nSPS) is 12.5. The third-order valence-corrected chi connectivity index (χ3v) is 3.49. The number of carbonyl (C=O) groups is 2. The monoisotopic (exact) mass is 270 g/mol. The van der Waals surface area contributed by atoms with Crippen LogP contribution < -0.4 is 5.32 Å². The number of hydrogen-bond donors (Lipinski definition) is 2. The number of aryl methyl sites for hydroxylation is 2. The number of thiazole rings is 1. The van der Waals surface area contributed by atoms with Crippen molar-refractivity contribution in [3.8, 4) is 0 Å². The maximum atomic E-state index is 12.0. The Balaban J connectivity index is 2.78. The fraction of sp³-hybridized carbons (Fsp3) is 0.583. The van der Waals surface area contributed by atoms with Crippen LogP contribution in [0.2, 0.25) is 0 Å². The Morgan fingerprint density at radius 2 is 2.00 bits per heavy atom. The molecule has 0 aliphatic carbocycles. The van der Waals surface area contributed by atoms with Gasteiger partial charge in [-0.15, -0.1) is 11.3 Å². The van der Waals surface area contributed by atoms with Crippen LogP contribution in [0.3, 0.4) is 0 Å². The molecule has 2 N–H and O–H groups in total. The van der Waals surface area contributed by atoms with Gasteiger partial charge in [0.25, 0.3) is 5.91 Å². The summed E-state index contributed by atoms with van der Waals surface area (Å²) in [6.07, 6.45) is 0.415.